The predicted molar refractivity (Wildman–Crippen MR) is 133 cm³/mol. The van der Waals surface area contributed by atoms with E-state index in [1.807, 2.05) is 73.7 Å². The number of ether oxygens (including phenoxy) is 1. The lowest BCUT2D eigenvalue weighted by Crippen LogP contribution is -2.38. The summed E-state index contributed by atoms with van der Waals surface area (Å²) in [5.74, 6) is -0.308. The van der Waals surface area contributed by atoms with Crippen LogP contribution >= 0.6 is 23.2 Å². The van der Waals surface area contributed by atoms with Crippen LogP contribution in [0.1, 0.15) is 42.9 Å². The van der Waals surface area contributed by atoms with E-state index in [2.05, 4.69) is 6.92 Å². The van der Waals surface area contributed by atoms with Gasteiger partial charge in [-0.3, -0.25) is 4.79 Å². The van der Waals surface area contributed by atoms with Crippen molar-refractivity contribution in [2.45, 2.75) is 44.3 Å². The molecular weight excluding hydrogens is 455 g/mol. The SMILES string of the molecule is CCc1ccc(-c2ccc(Cl)cc2)cc1C1=C(O)[C@@]2(C)C[C@H](c3ccc(Cl)cc3)[C@H](O2)C1=O. The zero-order valence-corrected chi connectivity index (χ0v) is 20.0. The highest BCUT2D eigenvalue weighted by Crippen LogP contribution is 2.51. The second-order valence-corrected chi connectivity index (χ2v) is 9.82. The molecule has 0 aromatic heterocycles. The number of ketones is 1. The van der Waals surface area contributed by atoms with Crippen molar-refractivity contribution in [3.63, 3.8) is 0 Å². The van der Waals surface area contributed by atoms with Gasteiger partial charge >= 0.3 is 0 Å². The first-order valence-electron chi connectivity index (χ1n) is 11.1. The van der Waals surface area contributed by atoms with Gasteiger partial charge in [0.15, 0.2) is 5.78 Å². The van der Waals surface area contributed by atoms with Crippen LogP contribution in [0.25, 0.3) is 16.7 Å². The number of benzene rings is 3. The Morgan fingerprint density at radius 2 is 1.58 bits per heavy atom. The molecule has 3 atom stereocenters. The molecule has 1 N–H and O–H groups in total. The fourth-order valence-corrected chi connectivity index (χ4v) is 5.30. The number of carbonyl (C=O) groups is 1. The van der Waals surface area contributed by atoms with Crippen molar-refractivity contribution in [1.82, 2.24) is 0 Å². The van der Waals surface area contributed by atoms with Crippen LogP contribution in [0, 0.1) is 0 Å². The Morgan fingerprint density at radius 1 is 0.970 bits per heavy atom. The molecule has 0 unspecified atom stereocenters. The first-order valence-corrected chi connectivity index (χ1v) is 11.9. The predicted octanol–water partition coefficient (Wildman–Crippen LogP) is 7.41. The molecule has 2 aliphatic rings. The van der Waals surface area contributed by atoms with E-state index in [9.17, 15) is 9.90 Å². The molecule has 1 fully saturated rings. The Kier molecular flexibility index (Phi) is 5.60. The molecule has 168 valence electrons. The van der Waals surface area contributed by atoms with E-state index in [1.54, 1.807) is 0 Å². The molecule has 2 aliphatic heterocycles. The van der Waals surface area contributed by atoms with Crippen LogP contribution in [0.3, 0.4) is 0 Å². The molecule has 33 heavy (non-hydrogen) atoms. The van der Waals surface area contributed by atoms with E-state index in [4.69, 9.17) is 27.9 Å². The largest absolute Gasteiger partial charge is 0.508 e. The third-order valence-electron chi connectivity index (χ3n) is 6.84. The highest BCUT2D eigenvalue weighted by Gasteiger charge is 2.55. The van der Waals surface area contributed by atoms with E-state index < -0.39 is 11.7 Å². The zero-order chi connectivity index (χ0) is 23.3. The van der Waals surface area contributed by atoms with Crippen LogP contribution in [0.4, 0.5) is 0 Å². The Morgan fingerprint density at radius 3 is 2.21 bits per heavy atom. The quantitative estimate of drug-likeness (QED) is 0.424. The van der Waals surface area contributed by atoms with Crippen LogP contribution < -0.4 is 0 Å². The maximum Gasteiger partial charge on any atom is 0.196 e. The number of halogens is 2. The Hall–Kier alpha value is -2.59. The molecule has 0 amide bonds. The van der Waals surface area contributed by atoms with Gasteiger partial charge in [0.2, 0.25) is 0 Å². The summed E-state index contributed by atoms with van der Waals surface area (Å²) in [7, 11) is 0. The standard InChI is InChI=1S/C28H24Cl2O3/c1-3-16-4-5-19(17-6-10-20(29)11-7-17)14-22(16)24-25(31)26-23(15-28(2,33-26)27(24)32)18-8-12-21(30)13-9-18/h4-14,23,26,32H,3,15H2,1-2H3/t23-,26+,28-/m1/s1. The molecule has 5 heteroatoms. The third-order valence-corrected chi connectivity index (χ3v) is 7.34. The highest BCUT2D eigenvalue weighted by atomic mass is 35.5. The van der Waals surface area contributed by atoms with Gasteiger partial charge in [-0.1, -0.05) is 66.5 Å². The van der Waals surface area contributed by atoms with Crippen molar-refractivity contribution in [3.05, 3.63) is 99.2 Å². The zero-order valence-electron chi connectivity index (χ0n) is 18.4. The molecule has 0 radical (unpaired) electrons. The van der Waals surface area contributed by atoms with Gasteiger partial charge in [-0.15, -0.1) is 0 Å². The second-order valence-electron chi connectivity index (χ2n) is 8.95. The van der Waals surface area contributed by atoms with Crippen molar-refractivity contribution in [1.29, 1.82) is 0 Å². The summed E-state index contributed by atoms with van der Waals surface area (Å²) < 4.78 is 6.15. The van der Waals surface area contributed by atoms with Crippen LogP contribution in [0.15, 0.2) is 72.5 Å². The topological polar surface area (TPSA) is 46.5 Å². The van der Waals surface area contributed by atoms with E-state index in [0.29, 0.717) is 22.0 Å². The van der Waals surface area contributed by atoms with E-state index in [1.165, 1.54) is 0 Å². The van der Waals surface area contributed by atoms with Crippen LogP contribution in [-0.4, -0.2) is 22.6 Å². The minimum atomic E-state index is -0.917. The van der Waals surface area contributed by atoms with Gasteiger partial charge in [0, 0.05) is 16.0 Å². The van der Waals surface area contributed by atoms with Crippen molar-refractivity contribution in [2.75, 3.05) is 0 Å². The molecular formula is C28H24Cl2O3. The molecule has 0 aliphatic carbocycles. The first-order chi connectivity index (χ1) is 15.8. The van der Waals surface area contributed by atoms with Gasteiger partial charge in [-0.25, -0.2) is 0 Å². The van der Waals surface area contributed by atoms with Crippen LogP contribution in [0.2, 0.25) is 10.0 Å². The maximum atomic E-state index is 13.8. The molecule has 3 aromatic rings. The number of rotatable bonds is 4. The monoisotopic (exact) mass is 478 g/mol. The normalized spacial score (nSPS) is 24.4. The van der Waals surface area contributed by atoms with E-state index >= 15 is 0 Å². The number of Topliss-reactive ketones (excluding diaryl/α,β-unsaturated/α-hetero) is 1. The van der Waals surface area contributed by atoms with Gasteiger partial charge in [0.1, 0.15) is 17.5 Å². The number of hydrogen-bond donors (Lipinski definition) is 1. The summed E-state index contributed by atoms with van der Waals surface area (Å²) in [5, 5.41) is 12.7. The van der Waals surface area contributed by atoms with E-state index in [-0.39, 0.29) is 17.5 Å². The number of carbonyl (C=O) groups excluding carboxylic acids is 1. The van der Waals surface area contributed by atoms with Crippen molar-refractivity contribution in [2.24, 2.45) is 0 Å². The highest BCUT2D eigenvalue weighted by molar-refractivity contribution is 6.31. The molecule has 3 nitrogen and oxygen atoms in total. The van der Waals surface area contributed by atoms with Crippen molar-refractivity contribution >= 4 is 34.6 Å². The summed E-state index contributed by atoms with van der Waals surface area (Å²) in [5.41, 5.74) is 4.18. The molecule has 0 spiro atoms. The number of aliphatic hydroxyl groups is 1. The Bertz CT molecular complexity index is 1260. The van der Waals surface area contributed by atoms with E-state index in [0.717, 1.165) is 34.2 Å². The fourth-order valence-electron chi connectivity index (χ4n) is 5.05. The molecule has 5 rings (SSSR count). The Balaban J connectivity index is 1.61. The lowest BCUT2D eigenvalue weighted by Gasteiger charge is -2.31. The van der Waals surface area contributed by atoms with Gasteiger partial charge in [0.05, 0.1) is 5.57 Å². The number of fused-ring (bicyclic) bond motifs is 2. The average Bonchev–Trinajstić information content (AvgIpc) is 3.15. The van der Waals surface area contributed by atoms with Crippen LogP contribution in [0.5, 0.6) is 0 Å². The minimum Gasteiger partial charge on any atom is -0.508 e. The van der Waals surface area contributed by atoms with Crippen molar-refractivity contribution in [3.8, 4) is 11.1 Å². The second kappa shape index (κ2) is 8.32. The molecule has 3 aromatic carbocycles. The summed E-state index contributed by atoms with van der Waals surface area (Å²) in [6.45, 7) is 3.92. The lowest BCUT2D eigenvalue weighted by atomic mass is 9.86. The van der Waals surface area contributed by atoms with Crippen molar-refractivity contribution < 1.29 is 14.6 Å². The number of hydrogen-bond acceptors (Lipinski definition) is 3. The average molecular weight is 479 g/mol. The van der Waals surface area contributed by atoms with Crippen LogP contribution in [-0.2, 0) is 16.0 Å². The first kappa shape index (κ1) is 22.2. The molecule has 1 saturated heterocycles. The number of aliphatic hydroxyl groups excluding tert-OH is 1. The third kappa shape index (κ3) is 3.78. The van der Waals surface area contributed by atoms with Gasteiger partial charge in [-0.05, 0) is 77.9 Å². The number of aryl methyl sites for hydroxylation is 1. The molecule has 2 bridgehead atoms. The summed E-state index contributed by atoms with van der Waals surface area (Å²) >= 11 is 12.1. The fraction of sp³-hybridized carbons (Fsp3) is 0.250. The lowest BCUT2D eigenvalue weighted by molar-refractivity contribution is -0.131. The molecule has 2 heterocycles. The molecule has 0 saturated carbocycles. The smallest absolute Gasteiger partial charge is 0.196 e. The summed E-state index contributed by atoms with van der Waals surface area (Å²) in [4.78, 5) is 13.8. The van der Waals surface area contributed by atoms with Gasteiger partial charge < -0.3 is 9.84 Å². The van der Waals surface area contributed by atoms with Gasteiger partial charge in [-0.2, -0.15) is 0 Å². The Labute approximate surface area is 203 Å². The summed E-state index contributed by atoms with van der Waals surface area (Å²) in [6, 6.07) is 21.2. The minimum absolute atomic E-state index is 0.0168. The maximum absolute atomic E-state index is 13.8. The summed E-state index contributed by atoms with van der Waals surface area (Å²) in [6.07, 6.45) is 0.618. The van der Waals surface area contributed by atoms with Gasteiger partial charge in [0.25, 0.3) is 0 Å².